The number of thioether (sulfide) groups is 1. The molecule has 3 heterocycles. The number of fused-ring (bicyclic) bond motifs is 1. The van der Waals surface area contributed by atoms with Crippen molar-refractivity contribution in [2.45, 2.75) is 267 Å². The van der Waals surface area contributed by atoms with Gasteiger partial charge in [-0.05, 0) is 152 Å². The Kier molecular flexibility index (Phi) is 27.9. The quantitative estimate of drug-likeness (QED) is 0.0394. The number of hydrogen-bond acceptors (Lipinski definition) is 11. The Bertz CT molecular complexity index is 3040. The fraction of sp³-hybridized carbons (Fsp3) is 0.714. The van der Waals surface area contributed by atoms with Crippen LogP contribution in [0, 0.1) is 73.9 Å². The predicted molar refractivity (Wildman–Crippen MR) is 379 cm³/mol. The minimum absolute atomic E-state index is 0. The molecule has 2 N–H and O–H groups in total. The molecule has 17 heteroatoms. The van der Waals surface area contributed by atoms with Gasteiger partial charge in [-0.25, -0.2) is 9.59 Å². The third kappa shape index (κ3) is 18.6. The maximum atomic E-state index is 15.7. The SMILES string of the molecule is CCC(C)(C)C(=O)OCCSC(CC)(CC)C(=O)N=C1[N-]/C(=C\c2[nH]c(NC(=O)C(CC)(CC)CC)c(C(=O)OC3C(C(C)(C)C)CC(C)CC3C(C)(C)C)c2C(C)C)C(C(C)C)=C1C(=O)OC1C(C(C)(C)C)CC(C)CC1C(C)(C)C.O=C1[N-]C(=O)c2ccccc21.[Zn+2]. The standard InChI is InChI=1S/C69H116N4O8S.C8H5NO2.Zn/c1-27-67(25,26)62(78)79-33-34-82-69(31-5,32-6)61(77)73-57-53(59(75)81-55-46(65(19,20)21)37-43(12)38-47(55)66(22,23)24)51(41(9)10)49(71-57)39-48-50(40(7)8)52(56(70-48)72-60(76)68(28-2,29-3)30-4)58(74)80-54-44(63(13,14)15)35-42(11)36-45(54)64(16,17)18;10-7-5-3-1-2-4-6(5)8(11)9-7;/h39-47,54-55H,27-38H2,1-26H3,(H3,70,71,72,73,74,75,76,77);1-4H,(H,9,10,11);/q;;+2/p-2. The third-order valence-electron chi connectivity index (χ3n) is 21.3. The summed E-state index contributed by atoms with van der Waals surface area (Å²) in [6, 6.07) is 6.63. The fourth-order valence-corrected chi connectivity index (χ4v) is 15.7. The van der Waals surface area contributed by atoms with E-state index >= 15 is 14.4 Å². The topological polar surface area (TPSA) is 216 Å². The number of nitrogens with one attached hydrogen (secondary N) is 2. The van der Waals surface area contributed by atoms with Gasteiger partial charge in [0.2, 0.25) is 5.91 Å². The summed E-state index contributed by atoms with van der Waals surface area (Å²) in [5.41, 5.74) is 1.36. The van der Waals surface area contributed by atoms with E-state index in [1.165, 1.54) is 11.8 Å². The van der Waals surface area contributed by atoms with Crippen molar-refractivity contribution in [3.63, 3.8) is 0 Å². The first-order chi connectivity index (χ1) is 42.9. The van der Waals surface area contributed by atoms with Crippen molar-refractivity contribution in [2.75, 3.05) is 17.7 Å². The number of amides is 4. The van der Waals surface area contributed by atoms with Gasteiger partial charge in [0.15, 0.2) is 5.91 Å². The molecule has 2 aliphatic heterocycles. The number of hydrogen-bond donors (Lipinski definition) is 2. The van der Waals surface area contributed by atoms with E-state index in [-0.39, 0.29) is 118 Å². The van der Waals surface area contributed by atoms with Crippen LogP contribution in [0.4, 0.5) is 5.82 Å². The molecule has 6 rings (SSSR count). The van der Waals surface area contributed by atoms with E-state index in [2.05, 4.69) is 113 Å². The number of H-pyrrole nitrogens is 1. The van der Waals surface area contributed by atoms with Crippen LogP contribution < -0.4 is 5.32 Å². The maximum absolute atomic E-state index is 15.7. The number of benzene rings is 1. The molecule has 2 aliphatic carbocycles. The van der Waals surface area contributed by atoms with Crippen LogP contribution in [0.2, 0.25) is 0 Å². The van der Waals surface area contributed by atoms with Crippen molar-refractivity contribution >= 4 is 71.0 Å². The second-order valence-corrected chi connectivity index (χ2v) is 34.4. The largest absolute Gasteiger partial charge is 2.00 e. The molecule has 0 saturated heterocycles. The van der Waals surface area contributed by atoms with Gasteiger partial charge in [0.25, 0.3) is 0 Å². The van der Waals surface area contributed by atoms with Crippen molar-refractivity contribution in [1.29, 1.82) is 0 Å². The summed E-state index contributed by atoms with van der Waals surface area (Å²) in [7, 11) is 0. The van der Waals surface area contributed by atoms with Gasteiger partial charge in [0.1, 0.15) is 30.2 Å². The number of carbonyl (C=O) groups is 7. The molecule has 1 aromatic heterocycles. The number of allylic oxidation sites excluding steroid dienone is 1. The van der Waals surface area contributed by atoms with Gasteiger partial charge < -0.3 is 49.7 Å². The molecule has 0 bridgehead atoms. The summed E-state index contributed by atoms with van der Waals surface area (Å²) < 4.78 is 18.7. The number of aromatic amines is 1. The maximum Gasteiger partial charge on any atom is 2.00 e. The summed E-state index contributed by atoms with van der Waals surface area (Å²) in [6.07, 6.45) is 7.98. The molecular formula is C77H119N5O10SZn. The number of carbonyl (C=O) groups excluding carboxylic acids is 7. The smallest absolute Gasteiger partial charge is 0.587 e. The molecule has 94 heavy (non-hydrogen) atoms. The molecular weight excluding hydrogens is 1250 g/mol. The first-order valence-electron chi connectivity index (χ1n) is 34.9. The van der Waals surface area contributed by atoms with Crippen LogP contribution in [0.25, 0.3) is 16.7 Å². The molecule has 2 aromatic rings. The van der Waals surface area contributed by atoms with E-state index in [4.69, 9.17) is 24.5 Å². The van der Waals surface area contributed by atoms with Gasteiger partial charge in [-0.1, -0.05) is 190 Å². The fourth-order valence-electron chi connectivity index (χ4n) is 14.5. The van der Waals surface area contributed by atoms with Crippen molar-refractivity contribution in [3.8, 4) is 0 Å². The van der Waals surface area contributed by atoms with Crippen LogP contribution in [0.3, 0.4) is 0 Å². The van der Waals surface area contributed by atoms with Gasteiger partial charge in [0, 0.05) is 51.7 Å². The minimum Gasteiger partial charge on any atom is -0.587 e. The van der Waals surface area contributed by atoms with Gasteiger partial charge in [-0.2, -0.15) is 0 Å². The first-order valence-corrected chi connectivity index (χ1v) is 35.9. The molecule has 1 aromatic carbocycles. The number of rotatable bonds is 21. The number of ether oxygens (including phenoxy) is 3. The Morgan fingerprint density at radius 1 is 0.638 bits per heavy atom. The summed E-state index contributed by atoms with van der Waals surface area (Å²) >= 11 is 1.41. The Labute approximate surface area is 583 Å². The Morgan fingerprint density at radius 2 is 1.07 bits per heavy atom. The zero-order valence-corrected chi connectivity index (χ0v) is 66.5. The molecule has 4 unspecified atom stereocenters. The monoisotopic (exact) mass is 1370 g/mol. The Balaban J connectivity index is 0.00000140. The van der Waals surface area contributed by atoms with E-state index in [9.17, 15) is 19.2 Å². The zero-order chi connectivity index (χ0) is 70.5. The molecule has 0 radical (unpaired) electrons. The number of aliphatic imine (C=N–C) groups is 1. The Hall–Kier alpha value is -4.89. The van der Waals surface area contributed by atoms with Gasteiger partial charge >= 0.3 is 37.4 Å². The normalized spacial score (nSPS) is 23.1. The average Bonchev–Trinajstić information content (AvgIpc) is 1.43. The van der Waals surface area contributed by atoms with E-state index < -0.39 is 57.4 Å². The number of nitrogens with zero attached hydrogens (tertiary/aromatic N) is 3. The van der Waals surface area contributed by atoms with E-state index in [1.807, 2.05) is 89.2 Å². The number of anilines is 1. The van der Waals surface area contributed by atoms with Crippen LogP contribution in [0.15, 0.2) is 46.1 Å². The van der Waals surface area contributed by atoms with Crippen LogP contribution in [0.1, 0.15) is 292 Å². The number of imide groups is 1. The molecule has 15 nitrogen and oxygen atoms in total. The summed E-state index contributed by atoms with van der Waals surface area (Å²) in [5, 5.41) is 11.8. The second kappa shape index (κ2) is 32.2. The van der Waals surface area contributed by atoms with Crippen molar-refractivity contribution in [3.05, 3.63) is 79.7 Å². The average molecular weight is 1370 g/mol. The second-order valence-electron chi connectivity index (χ2n) is 33.0. The molecule has 4 atom stereocenters. The molecule has 0 spiro atoms. The van der Waals surface area contributed by atoms with Crippen molar-refractivity contribution in [2.24, 2.45) is 78.9 Å². The molecule has 520 valence electrons. The molecule has 2 saturated carbocycles. The number of esters is 3. The van der Waals surface area contributed by atoms with E-state index in [1.54, 1.807) is 24.3 Å². The van der Waals surface area contributed by atoms with Crippen molar-refractivity contribution < 1.29 is 67.3 Å². The van der Waals surface area contributed by atoms with Crippen LogP contribution >= 0.6 is 11.8 Å². The molecule has 4 aliphatic rings. The van der Waals surface area contributed by atoms with Gasteiger partial charge in [-0.15, -0.1) is 11.8 Å². The van der Waals surface area contributed by atoms with Gasteiger partial charge in [0.05, 0.1) is 27.5 Å². The van der Waals surface area contributed by atoms with Crippen LogP contribution in [-0.4, -0.2) is 81.7 Å². The molecule has 2 fully saturated rings. The summed E-state index contributed by atoms with van der Waals surface area (Å²) in [4.78, 5) is 104. The summed E-state index contributed by atoms with van der Waals surface area (Å²) in [6.45, 7) is 55.2. The van der Waals surface area contributed by atoms with Crippen molar-refractivity contribution in [1.82, 2.24) is 4.98 Å². The zero-order valence-electron chi connectivity index (χ0n) is 62.7. The third-order valence-corrected chi connectivity index (χ3v) is 22.9. The molecule has 4 amide bonds. The van der Waals surface area contributed by atoms with E-state index in [0.717, 1.165) is 25.7 Å². The van der Waals surface area contributed by atoms with Crippen LogP contribution in [0.5, 0.6) is 0 Å². The number of amidine groups is 1. The van der Waals surface area contributed by atoms with Gasteiger partial charge in [-0.3, -0.25) is 14.4 Å². The Morgan fingerprint density at radius 3 is 1.46 bits per heavy atom. The predicted octanol–water partition coefficient (Wildman–Crippen LogP) is 19.5. The first kappa shape index (κ1) is 81.5. The van der Waals surface area contributed by atoms with Crippen LogP contribution in [-0.2, 0) is 52.9 Å². The minimum atomic E-state index is -1.02. The summed E-state index contributed by atoms with van der Waals surface area (Å²) in [5.74, 6) is -1.68. The van der Waals surface area contributed by atoms with E-state index in [0.29, 0.717) is 89.8 Å². The number of aromatic nitrogens is 1.